The molecule has 1 N–H and O–H groups in total. The summed E-state index contributed by atoms with van der Waals surface area (Å²) in [4.78, 5) is 0. The van der Waals surface area contributed by atoms with Gasteiger partial charge >= 0.3 is 0 Å². The number of anilines is 1. The van der Waals surface area contributed by atoms with Crippen molar-refractivity contribution in [3.05, 3.63) is 30.1 Å². The van der Waals surface area contributed by atoms with Gasteiger partial charge in [0.15, 0.2) is 0 Å². The average Bonchev–Trinajstić information content (AvgIpc) is 2.38. The van der Waals surface area contributed by atoms with Crippen molar-refractivity contribution in [2.24, 2.45) is 0 Å². The maximum atomic E-state index is 13.7. The molecular formula is C11H15FN2O2S. The first-order valence-electron chi connectivity index (χ1n) is 5.49. The lowest BCUT2D eigenvalue weighted by atomic mass is 10.2. The van der Waals surface area contributed by atoms with E-state index in [0.29, 0.717) is 6.54 Å². The van der Waals surface area contributed by atoms with Gasteiger partial charge in [-0.15, -0.1) is 0 Å². The van der Waals surface area contributed by atoms with Gasteiger partial charge in [0.25, 0.3) is 0 Å². The molecule has 0 radical (unpaired) electrons. The number of hydrogen-bond acceptors (Lipinski definition) is 3. The van der Waals surface area contributed by atoms with Crippen LogP contribution >= 0.6 is 0 Å². The SMILES string of the molecule is CC1CN(c2ccccc2F)S(=O)(=O)CCN1. The maximum Gasteiger partial charge on any atom is 0.236 e. The van der Waals surface area contributed by atoms with E-state index in [1.807, 2.05) is 6.92 Å². The van der Waals surface area contributed by atoms with Crippen LogP contribution in [0.1, 0.15) is 6.92 Å². The Morgan fingerprint density at radius 1 is 1.41 bits per heavy atom. The van der Waals surface area contributed by atoms with Gasteiger partial charge in [-0.1, -0.05) is 12.1 Å². The molecule has 1 fully saturated rings. The summed E-state index contributed by atoms with van der Waals surface area (Å²) >= 11 is 0. The second-order valence-corrected chi connectivity index (χ2v) is 6.17. The van der Waals surface area contributed by atoms with Gasteiger partial charge in [0.1, 0.15) is 5.82 Å². The molecule has 0 bridgehead atoms. The molecule has 0 saturated carbocycles. The Morgan fingerprint density at radius 3 is 2.82 bits per heavy atom. The number of halogens is 1. The molecule has 1 saturated heterocycles. The van der Waals surface area contributed by atoms with E-state index in [9.17, 15) is 12.8 Å². The lowest BCUT2D eigenvalue weighted by Crippen LogP contribution is -2.38. The fourth-order valence-corrected chi connectivity index (χ4v) is 3.37. The summed E-state index contributed by atoms with van der Waals surface area (Å²) < 4.78 is 38.8. The van der Waals surface area contributed by atoms with Crippen molar-refractivity contribution < 1.29 is 12.8 Å². The molecule has 1 aromatic rings. The monoisotopic (exact) mass is 258 g/mol. The van der Waals surface area contributed by atoms with Gasteiger partial charge in [-0.3, -0.25) is 4.31 Å². The minimum atomic E-state index is -3.44. The zero-order valence-corrected chi connectivity index (χ0v) is 10.4. The number of hydrogen-bond donors (Lipinski definition) is 1. The quantitative estimate of drug-likeness (QED) is 0.816. The third-order valence-corrected chi connectivity index (χ3v) is 4.49. The van der Waals surface area contributed by atoms with E-state index in [4.69, 9.17) is 0 Å². The number of nitrogens with zero attached hydrogens (tertiary/aromatic N) is 1. The number of benzene rings is 1. The number of rotatable bonds is 1. The van der Waals surface area contributed by atoms with Crippen molar-refractivity contribution in [2.75, 3.05) is 23.1 Å². The van der Waals surface area contributed by atoms with E-state index in [1.165, 1.54) is 12.1 Å². The largest absolute Gasteiger partial charge is 0.311 e. The zero-order valence-electron chi connectivity index (χ0n) is 9.56. The van der Waals surface area contributed by atoms with Crippen LogP contribution in [0.4, 0.5) is 10.1 Å². The highest BCUT2D eigenvalue weighted by Gasteiger charge is 2.28. The normalized spacial score (nSPS) is 24.4. The zero-order chi connectivity index (χ0) is 12.5. The average molecular weight is 258 g/mol. The van der Waals surface area contributed by atoms with Crippen LogP contribution in [0, 0.1) is 5.82 Å². The summed E-state index contributed by atoms with van der Waals surface area (Å²) in [7, 11) is -3.44. The molecule has 17 heavy (non-hydrogen) atoms. The van der Waals surface area contributed by atoms with Crippen molar-refractivity contribution in [1.82, 2.24) is 5.32 Å². The highest BCUT2D eigenvalue weighted by molar-refractivity contribution is 7.92. The molecule has 1 unspecified atom stereocenters. The van der Waals surface area contributed by atoms with E-state index in [2.05, 4.69) is 5.32 Å². The molecule has 6 heteroatoms. The first-order valence-corrected chi connectivity index (χ1v) is 7.10. The van der Waals surface area contributed by atoms with Gasteiger partial charge < -0.3 is 5.32 Å². The van der Waals surface area contributed by atoms with Crippen molar-refractivity contribution in [2.45, 2.75) is 13.0 Å². The maximum absolute atomic E-state index is 13.7. The first-order chi connectivity index (χ1) is 8.00. The molecule has 0 amide bonds. The first kappa shape index (κ1) is 12.3. The Morgan fingerprint density at radius 2 is 2.12 bits per heavy atom. The summed E-state index contributed by atoms with van der Waals surface area (Å²) in [6.07, 6.45) is 0. The molecule has 1 aromatic carbocycles. The van der Waals surface area contributed by atoms with Crippen LogP contribution < -0.4 is 9.62 Å². The molecule has 1 heterocycles. The van der Waals surface area contributed by atoms with Crippen molar-refractivity contribution in [3.63, 3.8) is 0 Å². The topological polar surface area (TPSA) is 49.4 Å². The van der Waals surface area contributed by atoms with E-state index in [-0.39, 0.29) is 24.0 Å². The summed E-state index contributed by atoms with van der Waals surface area (Å²) in [6, 6.07) is 5.95. The van der Waals surface area contributed by atoms with E-state index >= 15 is 0 Å². The number of para-hydroxylation sites is 1. The van der Waals surface area contributed by atoms with E-state index < -0.39 is 15.8 Å². The van der Waals surface area contributed by atoms with Gasteiger partial charge in [0, 0.05) is 19.1 Å². The second-order valence-electron chi connectivity index (χ2n) is 4.15. The van der Waals surface area contributed by atoms with Crippen LogP contribution in [0.3, 0.4) is 0 Å². The van der Waals surface area contributed by atoms with Gasteiger partial charge in [0.05, 0.1) is 11.4 Å². The molecular weight excluding hydrogens is 243 g/mol. The van der Waals surface area contributed by atoms with Crippen LogP contribution in [-0.2, 0) is 10.0 Å². The lowest BCUT2D eigenvalue weighted by molar-refractivity contribution is 0.577. The Balaban J connectivity index is 2.43. The Hall–Kier alpha value is -1.14. The van der Waals surface area contributed by atoms with Gasteiger partial charge in [-0.25, -0.2) is 12.8 Å². The molecule has 0 aromatic heterocycles. The van der Waals surface area contributed by atoms with Crippen LogP contribution in [0.15, 0.2) is 24.3 Å². The van der Waals surface area contributed by atoms with Crippen molar-refractivity contribution in [3.8, 4) is 0 Å². The van der Waals surface area contributed by atoms with Gasteiger partial charge in [-0.2, -0.15) is 0 Å². The van der Waals surface area contributed by atoms with E-state index in [1.54, 1.807) is 12.1 Å². The molecule has 1 aliphatic heterocycles. The highest BCUT2D eigenvalue weighted by atomic mass is 32.2. The van der Waals surface area contributed by atoms with Gasteiger partial charge in [-0.05, 0) is 19.1 Å². The smallest absolute Gasteiger partial charge is 0.236 e. The molecule has 0 aliphatic carbocycles. The third kappa shape index (κ3) is 2.58. The van der Waals surface area contributed by atoms with Crippen LogP contribution in [0.2, 0.25) is 0 Å². The predicted molar refractivity (Wildman–Crippen MR) is 65.0 cm³/mol. The fourth-order valence-electron chi connectivity index (χ4n) is 1.87. The lowest BCUT2D eigenvalue weighted by Gasteiger charge is -2.24. The standard InChI is InChI=1S/C11H15FN2O2S/c1-9-8-14(17(15,16)7-6-13-9)11-5-3-2-4-10(11)12/h2-5,9,13H,6-8H2,1H3. The van der Waals surface area contributed by atoms with Gasteiger partial charge in [0.2, 0.25) is 10.0 Å². The molecule has 2 rings (SSSR count). The summed E-state index contributed by atoms with van der Waals surface area (Å²) in [5.74, 6) is -0.517. The summed E-state index contributed by atoms with van der Waals surface area (Å²) in [5.41, 5.74) is 0.128. The summed E-state index contributed by atoms with van der Waals surface area (Å²) in [5, 5.41) is 3.08. The molecule has 94 valence electrons. The van der Waals surface area contributed by atoms with Crippen LogP contribution in [0.25, 0.3) is 0 Å². The number of sulfonamides is 1. The Kier molecular flexibility index (Phi) is 3.35. The third-order valence-electron chi connectivity index (χ3n) is 2.75. The van der Waals surface area contributed by atoms with Crippen LogP contribution in [-0.4, -0.2) is 33.3 Å². The molecule has 0 spiro atoms. The second kappa shape index (κ2) is 4.62. The molecule has 4 nitrogen and oxygen atoms in total. The minimum Gasteiger partial charge on any atom is -0.311 e. The predicted octanol–water partition coefficient (Wildman–Crippen LogP) is 0.954. The van der Waals surface area contributed by atoms with Crippen molar-refractivity contribution >= 4 is 15.7 Å². The van der Waals surface area contributed by atoms with Crippen LogP contribution in [0.5, 0.6) is 0 Å². The minimum absolute atomic E-state index is 0.00637. The summed E-state index contributed by atoms with van der Waals surface area (Å²) in [6.45, 7) is 2.53. The van der Waals surface area contributed by atoms with E-state index in [0.717, 1.165) is 4.31 Å². The Labute approximate surface area is 100 Å². The highest BCUT2D eigenvalue weighted by Crippen LogP contribution is 2.23. The molecule has 1 aliphatic rings. The Bertz CT molecular complexity index is 504. The van der Waals surface area contributed by atoms with Crippen molar-refractivity contribution in [1.29, 1.82) is 0 Å². The molecule has 1 atom stereocenters. The fraction of sp³-hybridized carbons (Fsp3) is 0.455. The number of nitrogens with one attached hydrogen (secondary N) is 1.